The van der Waals surface area contributed by atoms with Crippen molar-refractivity contribution in [1.82, 2.24) is 20.0 Å². The second-order valence-electron chi connectivity index (χ2n) is 7.87. The molecule has 1 aliphatic carbocycles. The van der Waals surface area contributed by atoms with Gasteiger partial charge in [-0.2, -0.15) is 0 Å². The van der Waals surface area contributed by atoms with E-state index >= 15 is 0 Å². The van der Waals surface area contributed by atoms with Crippen LogP contribution < -0.4 is 0 Å². The van der Waals surface area contributed by atoms with Crippen molar-refractivity contribution >= 4 is 17.7 Å². The van der Waals surface area contributed by atoms with Crippen LogP contribution in [-0.4, -0.2) is 50.8 Å². The molecule has 0 radical (unpaired) electrons. The van der Waals surface area contributed by atoms with E-state index < -0.39 is 0 Å². The largest absolute Gasteiger partial charge is 0.459 e. The van der Waals surface area contributed by atoms with Gasteiger partial charge in [0.05, 0.1) is 24.6 Å². The Morgan fingerprint density at radius 1 is 1.20 bits per heavy atom. The van der Waals surface area contributed by atoms with E-state index in [9.17, 15) is 14.4 Å². The van der Waals surface area contributed by atoms with Gasteiger partial charge in [-0.1, -0.05) is 19.8 Å². The minimum atomic E-state index is -0.188. The average molecular weight is 414 g/mol. The fraction of sp³-hybridized carbons (Fsp3) is 0.571. The lowest BCUT2D eigenvalue weighted by molar-refractivity contribution is -0.141. The third kappa shape index (κ3) is 4.01. The molecule has 0 spiro atoms. The number of amides is 3. The molecule has 2 fully saturated rings. The van der Waals surface area contributed by atoms with Crippen molar-refractivity contribution in [3.63, 3.8) is 0 Å². The maximum atomic E-state index is 12.8. The molecule has 2 aromatic heterocycles. The Hall–Kier alpha value is -2.97. The van der Waals surface area contributed by atoms with Crippen LogP contribution in [0.25, 0.3) is 11.7 Å². The molecule has 2 atom stereocenters. The zero-order valence-corrected chi connectivity index (χ0v) is 17.1. The van der Waals surface area contributed by atoms with E-state index in [1.807, 2.05) is 6.92 Å². The first kappa shape index (κ1) is 20.3. The first-order valence-electron chi connectivity index (χ1n) is 10.6. The van der Waals surface area contributed by atoms with Gasteiger partial charge in [-0.3, -0.25) is 19.3 Å². The van der Waals surface area contributed by atoms with Gasteiger partial charge in [0.1, 0.15) is 0 Å². The number of hydrogen-bond donors (Lipinski definition) is 0. The summed E-state index contributed by atoms with van der Waals surface area (Å²) in [6.07, 6.45) is 5.90. The molecule has 0 aromatic carbocycles. The Morgan fingerprint density at radius 2 is 1.93 bits per heavy atom. The Morgan fingerprint density at radius 3 is 2.57 bits per heavy atom. The van der Waals surface area contributed by atoms with E-state index in [2.05, 4.69) is 10.2 Å². The van der Waals surface area contributed by atoms with Gasteiger partial charge in [0.2, 0.25) is 23.6 Å². The van der Waals surface area contributed by atoms with E-state index in [0.29, 0.717) is 18.2 Å². The minimum absolute atomic E-state index is 0.0934. The van der Waals surface area contributed by atoms with E-state index in [4.69, 9.17) is 8.83 Å². The van der Waals surface area contributed by atoms with Crippen LogP contribution in [0.2, 0.25) is 0 Å². The lowest BCUT2D eigenvalue weighted by Gasteiger charge is -2.22. The molecule has 1 saturated heterocycles. The molecule has 1 saturated carbocycles. The molecule has 3 heterocycles. The van der Waals surface area contributed by atoms with Crippen molar-refractivity contribution in [2.45, 2.75) is 52.0 Å². The molecule has 30 heavy (non-hydrogen) atoms. The molecule has 0 N–H and O–H groups in total. The van der Waals surface area contributed by atoms with Crippen molar-refractivity contribution in [2.24, 2.45) is 11.8 Å². The maximum absolute atomic E-state index is 12.8. The number of fused-ring (bicyclic) bond motifs is 1. The Labute approximate surface area is 174 Å². The lowest BCUT2D eigenvalue weighted by atomic mass is 9.81. The number of nitrogens with zero attached hydrogens (tertiary/aromatic N) is 4. The average Bonchev–Trinajstić information content (AvgIpc) is 3.48. The summed E-state index contributed by atoms with van der Waals surface area (Å²) in [6, 6.07) is 3.44. The smallest absolute Gasteiger partial charge is 0.283 e. The molecule has 9 nitrogen and oxygen atoms in total. The van der Waals surface area contributed by atoms with Crippen LogP contribution in [0.4, 0.5) is 0 Å². The molecule has 2 unspecified atom stereocenters. The monoisotopic (exact) mass is 414 g/mol. The van der Waals surface area contributed by atoms with Crippen LogP contribution in [0.15, 0.2) is 27.2 Å². The molecule has 3 amide bonds. The van der Waals surface area contributed by atoms with Crippen LogP contribution in [0.5, 0.6) is 0 Å². The number of hydrogen-bond acceptors (Lipinski definition) is 7. The van der Waals surface area contributed by atoms with Gasteiger partial charge in [0.25, 0.3) is 5.89 Å². The van der Waals surface area contributed by atoms with E-state index in [1.54, 1.807) is 17.0 Å². The summed E-state index contributed by atoms with van der Waals surface area (Å²) < 4.78 is 10.8. The van der Waals surface area contributed by atoms with Crippen LogP contribution in [0, 0.1) is 11.8 Å². The fourth-order valence-electron chi connectivity index (χ4n) is 4.36. The summed E-state index contributed by atoms with van der Waals surface area (Å²) in [4.78, 5) is 40.9. The van der Waals surface area contributed by atoms with Gasteiger partial charge >= 0.3 is 0 Å². The van der Waals surface area contributed by atoms with Gasteiger partial charge in [-0.05, 0) is 31.4 Å². The van der Waals surface area contributed by atoms with E-state index in [-0.39, 0.29) is 55.0 Å². The van der Waals surface area contributed by atoms with Crippen LogP contribution in [0.3, 0.4) is 0 Å². The highest BCUT2D eigenvalue weighted by molar-refractivity contribution is 6.05. The predicted molar refractivity (Wildman–Crippen MR) is 104 cm³/mol. The molecular formula is C21H26N4O5. The van der Waals surface area contributed by atoms with Crippen molar-refractivity contribution in [1.29, 1.82) is 0 Å². The van der Waals surface area contributed by atoms with E-state index in [1.165, 1.54) is 11.2 Å². The molecule has 9 heteroatoms. The summed E-state index contributed by atoms with van der Waals surface area (Å²) in [7, 11) is 0. The van der Waals surface area contributed by atoms with E-state index in [0.717, 1.165) is 32.1 Å². The molecule has 2 aliphatic rings. The summed E-state index contributed by atoms with van der Waals surface area (Å²) >= 11 is 0. The molecule has 2 aromatic rings. The second-order valence-corrected chi connectivity index (χ2v) is 7.87. The van der Waals surface area contributed by atoms with Crippen LogP contribution >= 0.6 is 0 Å². The van der Waals surface area contributed by atoms with Gasteiger partial charge in [-0.25, -0.2) is 0 Å². The third-order valence-electron chi connectivity index (χ3n) is 5.85. The van der Waals surface area contributed by atoms with Gasteiger partial charge in [0.15, 0.2) is 5.76 Å². The highest BCUT2D eigenvalue weighted by Crippen LogP contribution is 2.38. The lowest BCUT2D eigenvalue weighted by Crippen LogP contribution is -2.37. The van der Waals surface area contributed by atoms with Crippen LogP contribution in [0.1, 0.15) is 51.3 Å². The zero-order valence-electron chi connectivity index (χ0n) is 17.1. The van der Waals surface area contributed by atoms with Crippen molar-refractivity contribution in [3.8, 4) is 11.7 Å². The summed E-state index contributed by atoms with van der Waals surface area (Å²) in [5, 5.41) is 7.95. The molecule has 0 bridgehead atoms. The highest BCUT2D eigenvalue weighted by Gasteiger charge is 2.47. The Bertz CT molecular complexity index is 882. The number of carbonyl (C=O) groups excluding carboxylic acids is 3. The Kier molecular flexibility index (Phi) is 5.96. The number of imide groups is 1. The third-order valence-corrected chi connectivity index (χ3v) is 5.85. The number of aromatic nitrogens is 2. The quantitative estimate of drug-likeness (QED) is 0.611. The highest BCUT2D eigenvalue weighted by atomic mass is 16.4. The van der Waals surface area contributed by atoms with Gasteiger partial charge < -0.3 is 13.7 Å². The van der Waals surface area contributed by atoms with Crippen molar-refractivity contribution < 1.29 is 23.2 Å². The zero-order chi connectivity index (χ0) is 21.1. The summed E-state index contributed by atoms with van der Waals surface area (Å²) in [6.45, 7) is 2.80. The number of rotatable bonds is 8. The Balaban J connectivity index is 1.37. The maximum Gasteiger partial charge on any atom is 0.283 e. The fourth-order valence-corrected chi connectivity index (χ4v) is 4.36. The first-order valence-corrected chi connectivity index (χ1v) is 10.6. The number of furan rings is 1. The molecule has 160 valence electrons. The topological polar surface area (TPSA) is 110 Å². The minimum Gasteiger partial charge on any atom is -0.459 e. The normalized spacial score (nSPS) is 21.2. The summed E-state index contributed by atoms with van der Waals surface area (Å²) in [5.74, 6) is 0.286. The van der Waals surface area contributed by atoms with Gasteiger partial charge in [-0.15, -0.1) is 10.2 Å². The molecular weight excluding hydrogens is 388 g/mol. The van der Waals surface area contributed by atoms with Crippen molar-refractivity contribution in [2.75, 3.05) is 13.1 Å². The van der Waals surface area contributed by atoms with Crippen molar-refractivity contribution in [3.05, 3.63) is 24.3 Å². The predicted octanol–water partition coefficient (Wildman–Crippen LogP) is 2.63. The van der Waals surface area contributed by atoms with Crippen LogP contribution in [-0.2, 0) is 20.9 Å². The molecule has 4 rings (SSSR count). The van der Waals surface area contributed by atoms with Gasteiger partial charge in [0, 0.05) is 19.5 Å². The SMILES string of the molecule is CCCN(Cc1nnc(-c2ccco2)o1)C(=O)CCN1C(=O)C2CCCCC2C1=O. The number of likely N-dealkylation sites (tertiary alicyclic amines) is 1. The number of carbonyl (C=O) groups is 3. The summed E-state index contributed by atoms with van der Waals surface area (Å²) in [5.41, 5.74) is 0. The first-order chi connectivity index (χ1) is 14.6. The second kappa shape index (κ2) is 8.81. The standard InChI is InChI=1S/C21H26N4O5/c1-2-10-24(13-17-22-23-19(30-17)16-8-5-12-29-16)18(26)9-11-25-20(27)14-6-3-4-7-15(14)21(25)28/h5,8,12,14-15H,2-4,6-7,9-11,13H2,1H3. The molecule has 1 aliphatic heterocycles.